The second kappa shape index (κ2) is 8.09. The summed E-state index contributed by atoms with van der Waals surface area (Å²) >= 11 is 19.9. The molecule has 0 radical (unpaired) electrons. The monoisotopic (exact) mass is 450 g/mol. The fourth-order valence-corrected chi connectivity index (χ4v) is 5.15. The minimum absolute atomic E-state index is 0.250. The van der Waals surface area contributed by atoms with Crippen molar-refractivity contribution in [2.75, 3.05) is 0 Å². The Labute approximate surface area is 179 Å². The average Bonchev–Trinajstić information content (AvgIpc) is 3.28. The minimum Gasteiger partial charge on any atom is -0.347 e. The number of halogens is 3. The molecule has 2 aromatic heterocycles. The van der Waals surface area contributed by atoms with Crippen molar-refractivity contribution < 1.29 is 4.79 Å². The van der Waals surface area contributed by atoms with Crippen LogP contribution in [-0.2, 0) is 13.1 Å². The normalized spacial score (nSPS) is 11.1. The first-order valence-corrected chi connectivity index (χ1v) is 10.2. The lowest BCUT2D eigenvalue weighted by atomic mass is 10.1. The molecule has 0 fully saturated rings. The molecule has 9 heteroatoms. The summed E-state index contributed by atoms with van der Waals surface area (Å²) in [5.74, 6) is -0.250. The number of amides is 1. The van der Waals surface area contributed by atoms with E-state index in [4.69, 9.17) is 34.8 Å². The summed E-state index contributed by atoms with van der Waals surface area (Å²) in [6, 6.07) is 11.3. The molecule has 0 unspecified atom stereocenters. The zero-order chi connectivity index (χ0) is 19.7. The van der Waals surface area contributed by atoms with Gasteiger partial charge in [0, 0.05) is 21.7 Å². The van der Waals surface area contributed by atoms with Crippen LogP contribution in [0, 0.1) is 0 Å². The summed E-state index contributed by atoms with van der Waals surface area (Å²) in [7, 11) is 0. The number of hydrogen-bond acceptors (Lipinski definition) is 4. The molecule has 0 saturated heterocycles. The standard InChI is InChI=1S/C19H13Cl3N4OS/c20-13-5-14(21)16-15(6-13)28-18(17(16)22)19(27)24-7-11-2-1-3-12(4-11)8-26-10-23-9-25-26/h1-6,9-10H,7-8H2,(H,24,27). The van der Waals surface area contributed by atoms with E-state index in [1.165, 1.54) is 17.7 Å². The molecule has 1 N–H and O–H groups in total. The van der Waals surface area contributed by atoms with E-state index in [1.54, 1.807) is 23.1 Å². The van der Waals surface area contributed by atoms with Gasteiger partial charge in [-0.1, -0.05) is 59.1 Å². The van der Waals surface area contributed by atoms with Crippen molar-refractivity contribution in [2.24, 2.45) is 0 Å². The van der Waals surface area contributed by atoms with E-state index in [9.17, 15) is 4.79 Å². The summed E-state index contributed by atoms with van der Waals surface area (Å²) in [4.78, 5) is 17.0. The Morgan fingerprint density at radius 1 is 1.14 bits per heavy atom. The van der Waals surface area contributed by atoms with Gasteiger partial charge in [-0.05, 0) is 23.3 Å². The fraction of sp³-hybridized carbons (Fsp3) is 0.105. The first-order chi connectivity index (χ1) is 13.5. The maximum absolute atomic E-state index is 12.7. The second-order valence-electron chi connectivity index (χ2n) is 6.10. The van der Waals surface area contributed by atoms with Gasteiger partial charge >= 0.3 is 0 Å². The molecule has 2 aromatic carbocycles. The largest absolute Gasteiger partial charge is 0.347 e. The molecule has 5 nitrogen and oxygen atoms in total. The predicted octanol–water partition coefficient (Wildman–Crippen LogP) is 5.43. The van der Waals surface area contributed by atoms with E-state index < -0.39 is 0 Å². The molecule has 0 saturated carbocycles. The van der Waals surface area contributed by atoms with Crippen molar-refractivity contribution in [2.45, 2.75) is 13.1 Å². The molecule has 0 aliphatic rings. The number of thiophene rings is 1. The molecule has 0 spiro atoms. The third-order valence-corrected chi connectivity index (χ3v) is 6.25. The maximum atomic E-state index is 12.7. The Balaban J connectivity index is 1.50. The Bertz CT molecular complexity index is 1160. The van der Waals surface area contributed by atoms with Crippen LogP contribution in [0.2, 0.25) is 15.1 Å². The highest BCUT2D eigenvalue weighted by Crippen LogP contribution is 2.41. The van der Waals surface area contributed by atoms with Crippen molar-refractivity contribution in [1.82, 2.24) is 20.1 Å². The summed E-state index contributed by atoms with van der Waals surface area (Å²) in [6.07, 6.45) is 3.16. The first-order valence-electron chi connectivity index (χ1n) is 8.27. The van der Waals surface area contributed by atoms with Gasteiger partial charge in [-0.3, -0.25) is 4.79 Å². The Hall–Kier alpha value is -2.12. The molecule has 4 rings (SSSR count). The van der Waals surface area contributed by atoms with Gasteiger partial charge in [0.25, 0.3) is 5.91 Å². The first kappa shape index (κ1) is 19.2. The Morgan fingerprint density at radius 2 is 1.96 bits per heavy atom. The lowest BCUT2D eigenvalue weighted by molar-refractivity contribution is 0.0955. The molecular formula is C19H13Cl3N4OS. The number of fused-ring (bicyclic) bond motifs is 1. The predicted molar refractivity (Wildman–Crippen MR) is 114 cm³/mol. The van der Waals surface area contributed by atoms with Crippen LogP contribution in [-0.4, -0.2) is 20.7 Å². The smallest absolute Gasteiger partial charge is 0.263 e. The van der Waals surface area contributed by atoms with E-state index >= 15 is 0 Å². The fourth-order valence-electron chi connectivity index (χ4n) is 2.86. The van der Waals surface area contributed by atoms with Gasteiger partial charge in [-0.25, -0.2) is 9.67 Å². The number of aromatic nitrogens is 3. The van der Waals surface area contributed by atoms with E-state index in [-0.39, 0.29) is 5.91 Å². The molecule has 0 bridgehead atoms. The van der Waals surface area contributed by atoms with Crippen molar-refractivity contribution in [3.8, 4) is 0 Å². The lowest BCUT2D eigenvalue weighted by Gasteiger charge is -2.07. The van der Waals surface area contributed by atoms with Gasteiger partial charge < -0.3 is 5.32 Å². The minimum atomic E-state index is -0.250. The molecular weight excluding hydrogens is 439 g/mol. The van der Waals surface area contributed by atoms with Crippen LogP contribution in [0.1, 0.15) is 20.8 Å². The highest BCUT2D eigenvalue weighted by Gasteiger charge is 2.19. The van der Waals surface area contributed by atoms with E-state index in [1.807, 2.05) is 24.3 Å². The van der Waals surface area contributed by atoms with Gasteiger partial charge in [0.1, 0.15) is 17.5 Å². The zero-order valence-corrected chi connectivity index (χ0v) is 17.4. The van der Waals surface area contributed by atoms with Crippen LogP contribution in [0.5, 0.6) is 0 Å². The molecule has 2 heterocycles. The zero-order valence-electron chi connectivity index (χ0n) is 14.3. The van der Waals surface area contributed by atoms with Gasteiger partial charge in [-0.15, -0.1) is 11.3 Å². The molecule has 142 valence electrons. The van der Waals surface area contributed by atoms with Crippen molar-refractivity contribution in [3.05, 3.63) is 80.1 Å². The number of carbonyl (C=O) groups excluding carboxylic acids is 1. The molecule has 1 amide bonds. The molecule has 4 aromatic rings. The number of nitrogens with zero attached hydrogens (tertiary/aromatic N) is 3. The van der Waals surface area contributed by atoms with Crippen LogP contribution in [0.25, 0.3) is 10.1 Å². The number of carbonyl (C=O) groups is 1. The topological polar surface area (TPSA) is 59.8 Å². The third kappa shape index (κ3) is 4.00. The summed E-state index contributed by atoms with van der Waals surface area (Å²) in [6.45, 7) is 0.992. The number of rotatable bonds is 5. The third-order valence-electron chi connectivity index (χ3n) is 4.11. The Morgan fingerprint density at radius 3 is 2.75 bits per heavy atom. The summed E-state index contributed by atoms with van der Waals surface area (Å²) in [5.41, 5.74) is 2.04. The van der Waals surface area contributed by atoms with Gasteiger partial charge in [0.15, 0.2) is 0 Å². The number of benzene rings is 2. The van der Waals surface area contributed by atoms with Crippen molar-refractivity contribution in [3.63, 3.8) is 0 Å². The molecule has 28 heavy (non-hydrogen) atoms. The molecule has 0 atom stereocenters. The highest BCUT2D eigenvalue weighted by molar-refractivity contribution is 7.21. The van der Waals surface area contributed by atoms with Gasteiger partial charge in [-0.2, -0.15) is 5.10 Å². The quantitative estimate of drug-likeness (QED) is 0.440. The van der Waals surface area contributed by atoms with Crippen LogP contribution >= 0.6 is 46.1 Å². The average molecular weight is 452 g/mol. The molecule has 0 aliphatic carbocycles. The Kier molecular flexibility index (Phi) is 5.55. The number of hydrogen-bond donors (Lipinski definition) is 1. The highest BCUT2D eigenvalue weighted by atomic mass is 35.5. The molecule has 0 aliphatic heterocycles. The van der Waals surface area contributed by atoms with Crippen LogP contribution in [0.15, 0.2) is 49.1 Å². The van der Waals surface area contributed by atoms with Crippen LogP contribution in [0.3, 0.4) is 0 Å². The van der Waals surface area contributed by atoms with Crippen LogP contribution in [0.4, 0.5) is 0 Å². The van der Waals surface area contributed by atoms with Crippen LogP contribution < -0.4 is 5.32 Å². The summed E-state index contributed by atoms with van der Waals surface area (Å²) in [5, 5.41) is 8.95. The number of nitrogens with one attached hydrogen (secondary N) is 1. The van der Waals surface area contributed by atoms with E-state index in [0.717, 1.165) is 15.8 Å². The lowest BCUT2D eigenvalue weighted by Crippen LogP contribution is -2.22. The van der Waals surface area contributed by atoms with Gasteiger partial charge in [0.2, 0.25) is 0 Å². The van der Waals surface area contributed by atoms with Crippen molar-refractivity contribution >= 4 is 62.1 Å². The van der Waals surface area contributed by atoms with E-state index in [2.05, 4.69) is 15.4 Å². The second-order valence-corrected chi connectivity index (χ2v) is 8.38. The van der Waals surface area contributed by atoms with Gasteiger partial charge in [0.05, 0.1) is 16.6 Å². The van der Waals surface area contributed by atoms with E-state index in [0.29, 0.717) is 38.4 Å². The SMILES string of the molecule is O=C(NCc1cccc(Cn2cncn2)c1)c1sc2cc(Cl)cc(Cl)c2c1Cl. The maximum Gasteiger partial charge on any atom is 0.263 e. The summed E-state index contributed by atoms with van der Waals surface area (Å²) < 4.78 is 2.52. The van der Waals surface area contributed by atoms with Crippen molar-refractivity contribution in [1.29, 1.82) is 0 Å².